The van der Waals surface area contributed by atoms with E-state index in [0.717, 1.165) is 12.0 Å². The largest absolute Gasteiger partial charge is 0.100 e. The molecule has 0 aliphatic heterocycles. The Hall–Kier alpha value is -1.74. The molecule has 0 fully saturated rings. The average molecular weight is 238 g/mol. The van der Waals surface area contributed by atoms with Gasteiger partial charge in [0.15, 0.2) is 0 Å². The Kier molecular flexibility index (Phi) is 6.66. The SMILES string of the molecule is C=C(C)CCC[C@H](C)/C=C/C#Cc1ccccc1. The molecule has 18 heavy (non-hydrogen) atoms. The maximum atomic E-state index is 3.92. The Morgan fingerprint density at radius 3 is 2.72 bits per heavy atom. The van der Waals surface area contributed by atoms with Crippen LogP contribution < -0.4 is 0 Å². The zero-order chi connectivity index (χ0) is 13.2. The smallest absolute Gasteiger partial charge is 0.0248 e. The first-order valence-corrected chi connectivity index (χ1v) is 6.56. The standard InChI is InChI=1S/C18H22/c1-16(2)10-9-12-17(3)11-7-8-15-18-13-5-4-6-14-18/h4-7,11,13-14,17H,1,9-10,12H2,2-3H3/b11-7+/t17-/m1/s1. The van der Waals surface area contributed by atoms with Crippen LogP contribution >= 0.6 is 0 Å². The van der Waals surface area contributed by atoms with Gasteiger partial charge in [0, 0.05) is 5.56 Å². The highest BCUT2D eigenvalue weighted by Gasteiger charge is 1.96. The summed E-state index contributed by atoms with van der Waals surface area (Å²) < 4.78 is 0. The van der Waals surface area contributed by atoms with Crippen LogP contribution in [0.15, 0.2) is 54.6 Å². The van der Waals surface area contributed by atoms with E-state index in [-0.39, 0.29) is 0 Å². The molecule has 0 unspecified atom stereocenters. The minimum atomic E-state index is 0.592. The van der Waals surface area contributed by atoms with E-state index in [0.29, 0.717) is 5.92 Å². The van der Waals surface area contributed by atoms with Gasteiger partial charge in [0.2, 0.25) is 0 Å². The molecule has 0 N–H and O–H groups in total. The van der Waals surface area contributed by atoms with Gasteiger partial charge in [-0.1, -0.05) is 48.6 Å². The van der Waals surface area contributed by atoms with Crippen molar-refractivity contribution in [2.24, 2.45) is 5.92 Å². The molecule has 0 aliphatic carbocycles. The van der Waals surface area contributed by atoms with E-state index in [1.807, 2.05) is 36.4 Å². The molecule has 0 aliphatic rings. The zero-order valence-corrected chi connectivity index (χ0v) is 11.4. The summed E-state index contributed by atoms with van der Waals surface area (Å²) in [6.07, 6.45) is 7.71. The molecule has 0 heterocycles. The lowest BCUT2D eigenvalue weighted by Gasteiger charge is -2.04. The molecular formula is C18H22. The molecule has 94 valence electrons. The predicted octanol–water partition coefficient (Wildman–Crippen LogP) is 4.98. The topological polar surface area (TPSA) is 0 Å². The van der Waals surface area contributed by atoms with Crippen molar-refractivity contribution in [2.75, 3.05) is 0 Å². The van der Waals surface area contributed by atoms with Gasteiger partial charge < -0.3 is 0 Å². The third-order valence-electron chi connectivity index (χ3n) is 2.76. The van der Waals surface area contributed by atoms with Gasteiger partial charge in [-0.05, 0) is 50.3 Å². The molecule has 0 spiro atoms. The minimum Gasteiger partial charge on any atom is -0.100 e. The van der Waals surface area contributed by atoms with Gasteiger partial charge >= 0.3 is 0 Å². The molecule has 0 amide bonds. The van der Waals surface area contributed by atoms with Crippen molar-refractivity contribution in [3.8, 4) is 11.8 Å². The lowest BCUT2D eigenvalue weighted by molar-refractivity contribution is 0.605. The van der Waals surface area contributed by atoms with Gasteiger partial charge in [0.25, 0.3) is 0 Å². The van der Waals surface area contributed by atoms with Crippen LogP contribution in [-0.4, -0.2) is 0 Å². The Bertz CT molecular complexity index is 440. The third kappa shape index (κ3) is 6.76. The Labute approximate surface area is 111 Å². The van der Waals surface area contributed by atoms with Crippen LogP contribution in [-0.2, 0) is 0 Å². The average Bonchev–Trinajstić information content (AvgIpc) is 2.35. The maximum absolute atomic E-state index is 3.92. The molecule has 0 bridgehead atoms. The molecule has 0 heteroatoms. The second-order valence-corrected chi connectivity index (χ2v) is 4.82. The van der Waals surface area contributed by atoms with Crippen molar-refractivity contribution in [1.29, 1.82) is 0 Å². The number of rotatable bonds is 5. The Balaban J connectivity index is 2.32. The first-order chi connectivity index (χ1) is 8.68. The highest BCUT2D eigenvalue weighted by molar-refractivity contribution is 5.36. The molecule has 1 aromatic rings. The van der Waals surface area contributed by atoms with Crippen molar-refractivity contribution >= 4 is 0 Å². The number of hydrogen-bond donors (Lipinski definition) is 0. The van der Waals surface area contributed by atoms with Gasteiger partial charge in [-0.2, -0.15) is 0 Å². The molecule has 0 saturated carbocycles. The summed E-state index contributed by atoms with van der Waals surface area (Å²) in [7, 11) is 0. The van der Waals surface area contributed by atoms with Gasteiger partial charge in [-0.3, -0.25) is 0 Å². The summed E-state index contributed by atoms with van der Waals surface area (Å²) in [6, 6.07) is 10.1. The summed E-state index contributed by atoms with van der Waals surface area (Å²) in [6.45, 7) is 8.24. The second kappa shape index (κ2) is 8.37. The predicted molar refractivity (Wildman–Crippen MR) is 80.3 cm³/mol. The van der Waals surface area contributed by atoms with E-state index in [1.165, 1.54) is 18.4 Å². The summed E-state index contributed by atoms with van der Waals surface area (Å²) in [4.78, 5) is 0. The Morgan fingerprint density at radius 1 is 1.33 bits per heavy atom. The monoisotopic (exact) mass is 238 g/mol. The lowest BCUT2D eigenvalue weighted by Crippen LogP contribution is -1.89. The Morgan fingerprint density at radius 2 is 2.06 bits per heavy atom. The normalized spacial score (nSPS) is 11.9. The molecule has 0 saturated heterocycles. The first-order valence-electron chi connectivity index (χ1n) is 6.56. The zero-order valence-electron chi connectivity index (χ0n) is 11.4. The van der Waals surface area contributed by atoms with Crippen LogP contribution in [0.4, 0.5) is 0 Å². The summed E-state index contributed by atoms with van der Waals surface area (Å²) in [5, 5.41) is 0. The highest BCUT2D eigenvalue weighted by Crippen LogP contribution is 2.11. The van der Waals surface area contributed by atoms with Crippen LogP contribution in [0.1, 0.15) is 38.7 Å². The summed E-state index contributed by atoms with van der Waals surface area (Å²) >= 11 is 0. The second-order valence-electron chi connectivity index (χ2n) is 4.82. The van der Waals surface area contributed by atoms with E-state index >= 15 is 0 Å². The fourth-order valence-electron chi connectivity index (χ4n) is 1.68. The van der Waals surface area contributed by atoms with E-state index in [2.05, 4.69) is 38.3 Å². The maximum Gasteiger partial charge on any atom is 0.0248 e. The number of allylic oxidation sites excluding steroid dienone is 3. The van der Waals surface area contributed by atoms with Crippen LogP contribution in [0.3, 0.4) is 0 Å². The molecule has 0 radical (unpaired) electrons. The summed E-state index contributed by atoms with van der Waals surface area (Å²) in [5.74, 6) is 6.80. The van der Waals surface area contributed by atoms with Crippen molar-refractivity contribution in [3.63, 3.8) is 0 Å². The van der Waals surface area contributed by atoms with E-state index in [4.69, 9.17) is 0 Å². The lowest BCUT2D eigenvalue weighted by atomic mass is 10.0. The number of benzene rings is 1. The van der Waals surface area contributed by atoms with E-state index in [9.17, 15) is 0 Å². The highest BCUT2D eigenvalue weighted by atomic mass is 14.0. The fourth-order valence-corrected chi connectivity index (χ4v) is 1.68. The van der Waals surface area contributed by atoms with Gasteiger partial charge in [-0.25, -0.2) is 0 Å². The van der Waals surface area contributed by atoms with E-state index in [1.54, 1.807) is 0 Å². The molecule has 1 rings (SSSR count). The molecular weight excluding hydrogens is 216 g/mol. The first kappa shape index (κ1) is 14.3. The van der Waals surface area contributed by atoms with Gasteiger partial charge in [-0.15, -0.1) is 6.58 Å². The van der Waals surface area contributed by atoms with Crippen LogP contribution in [0.25, 0.3) is 0 Å². The van der Waals surface area contributed by atoms with Crippen molar-refractivity contribution in [2.45, 2.75) is 33.1 Å². The van der Waals surface area contributed by atoms with Crippen LogP contribution in [0.5, 0.6) is 0 Å². The van der Waals surface area contributed by atoms with Crippen molar-refractivity contribution < 1.29 is 0 Å². The molecule has 1 aromatic carbocycles. The van der Waals surface area contributed by atoms with Crippen LogP contribution in [0.2, 0.25) is 0 Å². The van der Waals surface area contributed by atoms with Crippen LogP contribution in [0, 0.1) is 17.8 Å². The van der Waals surface area contributed by atoms with Crippen molar-refractivity contribution in [3.05, 3.63) is 60.2 Å². The molecule has 0 nitrogen and oxygen atoms in total. The van der Waals surface area contributed by atoms with Crippen molar-refractivity contribution in [1.82, 2.24) is 0 Å². The quantitative estimate of drug-likeness (QED) is 0.501. The molecule has 1 atom stereocenters. The minimum absolute atomic E-state index is 0.592. The number of hydrogen-bond acceptors (Lipinski definition) is 0. The summed E-state index contributed by atoms with van der Waals surface area (Å²) in [5.41, 5.74) is 2.34. The fraction of sp³-hybridized carbons (Fsp3) is 0.333. The van der Waals surface area contributed by atoms with Gasteiger partial charge in [0.05, 0.1) is 0 Å². The third-order valence-corrected chi connectivity index (χ3v) is 2.76. The van der Waals surface area contributed by atoms with Gasteiger partial charge in [0.1, 0.15) is 0 Å². The molecule has 0 aromatic heterocycles. The van der Waals surface area contributed by atoms with E-state index < -0.39 is 0 Å².